The van der Waals surface area contributed by atoms with Gasteiger partial charge in [-0.3, -0.25) is 0 Å². The zero-order valence-electron chi connectivity index (χ0n) is 8.12. The third-order valence-electron chi connectivity index (χ3n) is 1.06. The summed E-state index contributed by atoms with van der Waals surface area (Å²) in [6.07, 6.45) is -0.0782. The third kappa shape index (κ3) is 9.82. The lowest BCUT2D eigenvalue weighted by Gasteiger charge is -2.18. The molecule has 0 aromatic rings. The van der Waals surface area contributed by atoms with Gasteiger partial charge in [0.05, 0.1) is 6.54 Å². The molecule has 0 amide bonds. The fraction of sp³-hybridized carbons (Fsp3) is 1.00. The molecule has 0 aromatic carbocycles. The van der Waals surface area contributed by atoms with Gasteiger partial charge in [-0.05, 0) is 14.1 Å². The molecule has 0 aliphatic rings. The number of hydrogen-bond donors (Lipinski definition) is 0. The van der Waals surface area contributed by atoms with E-state index >= 15 is 0 Å². The molecule has 0 saturated carbocycles. The Morgan fingerprint density at radius 1 is 1.18 bits per heavy atom. The van der Waals surface area contributed by atoms with Crippen molar-refractivity contribution in [2.45, 2.75) is 33.1 Å². The van der Waals surface area contributed by atoms with Gasteiger partial charge in [-0.25, -0.2) is 8.78 Å². The first kappa shape index (κ1) is 13.4. The van der Waals surface area contributed by atoms with E-state index in [2.05, 4.69) is 0 Å². The number of halogens is 2. The Balaban J connectivity index is 0. The standard InChI is InChI=1S/C6H13F2N.C2H6/c1-4-6(7,8)5-9(2)3;1-2/h4-5H2,1-3H3;1-2H3. The highest BCUT2D eigenvalue weighted by Crippen LogP contribution is 2.17. The number of nitrogens with zero attached hydrogens (tertiary/aromatic N) is 1. The predicted molar refractivity (Wildman–Crippen MR) is 45.1 cm³/mol. The minimum atomic E-state index is -2.51. The topological polar surface area (TPSA) is 3.24 Å². The van der Waals surface area contributed by atoms with Crippen molar-refractivity contribution < 1.29 is 8.78 Å². The van der Waals surface area contributed by atoms with E-state index in [1.807, 2.05) is 13.8 Å². The summed E-state index contributed by atoms with van der Waals surface area (Å²) in [4.78, 5) is 1.49. The van der Waals surface area contributed by atoms with Crippen LogP contribution in [-0.4, -0.2) is 31.5 Å². The van der Waals surface area contributed by atoms with E-state index in [9.17, 15) is 8.78 Å². The molecule has 0 aliphatic carbocycles. The first-order valence-electron chi connectivity index (χ1n) is 4.00. The summed E-state index contributed by atoms with van der Waals surface area (Å²) in [5.41, 5.74) is 0. The highest BCUT2D eigenvalue weighted by Gasteiger charge is 2.26. The van der Waals surface area contributed by atoms with Gasteiger partial charge in [0.1, 0.15) is 0 Å². The Hall–Kier alpha value is -0.180. The lowest BCUT2D eigenvalue weighted by Crippen LogP contribution is -2.31. The molecule has 0 saturated heterocycles. The lowest BCUT2D eigenvalue weighted by molar-refractivity contribution is -0.0245. The molecule has 70 valence electrons. The predicted octanol–water partition coefficient (Wildman–Crippen LogP) is 2.62. The van der Waals surface area contributed by atoms with Crippen LogP contribution in [-0.2, 0) is 0 Å². The Morgan fingerprint density at radius 3 is 1.64 bits per heavy atom. The maximum absolute atomic E-state index is 12.4. The van der Waals surface area contributed by atoms with Crippen molar-refractivity contribution in [3.8, 4) is 0 Å². The lowest BCUT2D eigenvalue weighted by atomic mass is 10.2. The second kappa shape index (κ2) is 6.53. The summed E-state index contributed by atoms with van der Waals surface area (Å²) in [5.74, 6) is -2.51. The minimum Gasteiger partial charge on any atom is -0.304 e. The summed E-state index contributed by atoms with van der Waals surface area (Å²) in [7, 11) is 3.28. The molecule has 0 aliphatic heterocycles. The summed E-state index contributed by atoms with van der Waals surface area (Å²) in [5, 5.41) is 0. The highest BCUT2D eigenvalue weighted by molar-refractivity contribution is 4.65. The minimum absolute atomic E-state index is 0.0782. The molecule has 0 heterocycles. The Labute approximate surface area is 68.4 Å². The van der Waals surface area contributed by atoms with Crippen molar-refractivity contribution in [1.82, 2.24) is 4.90 Å². The summed E-state index contributed by atoms with van der Waals surface area (Å²) in [6, 6.07) is 0. The van der Waals surface area contributed by atoms with Crippen LogP contribution in [0.1, 0.15) is 27.2 Å². The van der Waals surface area contributed by atoms with Gasteiger partial charge in [-0.2, -0.15) is 0 Å². The molecule has 0 radical (unpaired) electrons. The first-order valence-corrected chi connectivity index (χ1v) is 4.00. The average Bonchev–Trinajstić information content (AvgIpc) is 1.90. The van der Waals surface area contributed by atoms with Crippen molar-refractivity contribution in [3.05, 3.63) is 0 Å². The van der Waals surface area contributed by atoms with Crippen LogP contribution in [0, 0.1) is 0 Å². The van der Waals surface area contributed by atoms with Crippen molar-refractivity contribution in [1.29, 1.82) is 0 Å². The number of hydrogen-bond acceptors (Lipinski definition) is 1. The zero-order chi connectivity index (χ0) is 9.49. The van der Waals surface area contributed by atoms with Gasteiger partial charge in [0.15, 0.2) is 0 Å². The Morgan fingerprint density at radius 2 is 1.55 bits per heavy atom. The van der Waals surface area contributed by atoms with Gasteiger partial charge in [0.2, 0.25) is 0 Å². The molecule has 0 unspecified atom stereocenters. The average molecular weight is 167 g/mol. The van der Waals surface area contributed by atoms with Gasteiger partial charge in [-0.1, -0.05) is 20.8 Å². The molecule has 0 spiro atoms. The summed E-state index contributed by atoms with van der Waals surface area (Å²) >= 11 is 0. The van der Waals surface area contributed by atoms with E-state index in [4.69, 9.17) is 0 Å². The van der Waals surface area contributed by atoms with E-state index in [1.54, 1.807) is 14.1 Å². The van der Waals surface area contributed by atoms with Crippen molar-refractivity contribution in [3.63, 3.8) is 0 Å². The maximum atomic E-state index is 12.4. The molecule has 1 nitrogen and oxygen atoms in total. The van der Waals surface area contributed by atoms with Crippen LogP contribution in [0.15, 0.2) is 0 Å². The molecule has 11 heavy (non-hydrogen) atoms. The zero-order valence-corrected chi connectivity index (χ0v) is 8.12. The normalized spacial score (nSPS) is 10.9. The monoisotopic (exact) mass is 167 g/mol. The van der Waals surface area contributed by atoms with Crippen LogP contribution < -0.4 is 0 Å². The second-order valence-corrected chi connectivity index (χ2v) is 2.45. The van der Waals surface area contributed by atoms with Gasteiger partial charge < -0.3 is 4.90 Å². The van der Waals surface area contributed by atoms with Crippen LogP contribution in [0.4, 0.5) is 8.78 Å². The fourth-order valence-corrected chi connectivity index (χ4v) is 0.574. The van der Waals surface area contributed by atoms with Crippen LogP contribution in [0.3, 0.4) is 0 Å². The van der Waals surface area contributed by atoms with Gasteiger partial charge in [-0.15, -0.1) is 0 Å². The molecule has 0 N–H and O–H groups in total. The summed E-state index contributed by atoms with van der Waals surface area (Å²) < 4.78 is 24.7. The second-order valence-electron chi connectivity index (χ2n) is 2.45. The third-order valence-corrected chi connectivity index (χ3v) is 1.06. The van der Waals surface area contributed by atoms with E-state index in [1.165, 1.54) is 11.8 Å². The van der Waals surface area contributed by atoms with Gasteiger partial charge in [0, 0.05) is 6.42 Å². The maximum Gasteiger partial charge on any atom is 0.260 e. The molecular formula is C8H19F2N. The molecule has 0 fully saturated rings. The molecule has 0 atom stereocenters. The van der Waals surface area contributed by atoms with Crippen LogP contribution in [0.25, 0.3) is 0 Å². The highest BCUT2D eigenvalue weighted by atomic mass is 19.3. The first-order chi connectivity index (χ1) is 4.98. The van der Waals surface area contributed by atoms with Crippen molar-refractivity contribution in [2.75, 3.05) is 20.6 Å². The van der Waals surface area contributed by atoms with E-state index in [-0.39, 0.29) is 13.0 Å². The van der Waals surface area contributed by atoms with Gasteiger partial charge >= 0.3 is 0 Å². The van der Waals surface area contributed by atoms with E-state index in [0.717, 1.165) is 0 Å². The largest absolute Gasteiger partial charge is 0.304 e. The van der Waals surface area contributed by atoms with Crippen LogP contribution >= 0.6 is 0 Å². The van der Waals surface area contributed by atoms with Crippen molar-refractivity contribution >= 4 is 0 Å². The fourth-order valence-electron chi connectivity index (χ4n) is 0.574. The SMILES string of the molecule is CC.CCC(F)(F)CN(C)C. The number of alkyl halides is 2. The molecular weight excluding hydrogens is 148 g/mol. The molecule has 0 rings (SSSR count). The smallest absolute Gasteiger partial charge is 0.260 e. The molecule has 0 aromatic heterocycles. The molecule has 3 heteroatoms. The van der Waals surface area contributed by atoms with Crippen LogP contribution in [0.5, 0.6) is 0 Å². The molecule has 0 bridgehead atoms. The summed E-state index contributed by atoms with van der Waals surface area (Å²) in [6.45, 7) is 5.34. The van der Waals surface area contributed by atoms with Crippen LogP contribution in [0.2, 0.25) is 0 Å². The Kier molecular flexibility index (Phi) is 7.96. The number of rotatable bonds is 3. The Bertz CT molecular complexity index is 82.2. The quantitative estimate of drug-likeness (QED) is 0.624. The van der Waals surface area contributed by atoms with E-state index < -0.39 is 5.92 Å². The van der Waals surface area contributed by atoms with E-state index in [0.29, 0.717) is 0 Å². The van der Waals surface area contributed by atoms with Crippen molar-refractivity contribution in [2.24, 2.45) is 0 Å². The van der Waals surface area contributed by atoms with Gasteiger partial charge in [0.25, 0.3) is 5.92 Å².